The summed E-state index contributed by atoms with van der Waals surface area (Å²) in [5.41, 5.74) is 4.00. The van der Waals surface area contributed by atoms with Gasteiger partial charge in [0.25, 0.3) is 5.91 Å². The first-order valence-electron chi connectivity index (χ1n) is 9.50. The zero-order chi connectivity index (χ0) is 20.2. The van der Waals surface area contributed by atoms with Gasteiger partial charge in [0, 0.05) is 18.8 Å². The van der Waals surface area contributed by atoms with Gasteiger partial charge in [0.2, 0.25) is 5.91 Å². The zero-order valence-corrected chi connectivity index (χ0v) is 17.0. The average Bonchev–Trinajstić information content (AvgIpc) is 3.28. The molecule has 1 N–H and O–H groups in total. The summed E-state index contributed by atoms with van der Waals surface area (Å²) in [6.07, 6.45) is 1.12. The third kappa shape index (κ3) is 4.49. The Morgan fingerprint density at radius 1 is 1.10 bits per heavy atom. The normalized spacial score (nSPS) is 12.9. The number of carbonyl (C=O) groups is 2. The van der Waals surface area contributed by atoms with E-state index in [1.165, 1.54) is 16.9 Å². The van der Waals surface area contributed by atoms with E-state index < -0.39 is 0 Å². The molecule has 0 aliphatic carbocycles. The molecule has 3 aromatic rings. The van der Waals surface area contributed by atoms with Crippen molar-refractivity contribution in [2.75, 3.05) is 19.0 Å². The monoisotopic (exact) mass is 406 g/mol. The number of methoxy groups -OCH3 is 1. The summed E-state index contributed by atoms with van der Waals surface area (Å²) in [4.78, 5) is 27.7. The summed E-state index contributed by atoms with van der Waals surface area (Å²) in [5.74, 6) is 0.766. The fourth-order valence-electron chi connectivity index (χ4n) is 3.50. The standard InChI is InChI=1S/C23H22N2O3S/c1-28-20-8-4-16(5-9-20)13-22(26)24-19-7-6-17-10-11-25(15-18(17)14-19)23(27)21-3-2-12-29-21/h2-9,12,14H,10-11,13,15H2,1H3,(H,24,26). The van der Waals surface area contributed by atoms with E-state index in [4.69, 9.17) is 4.74 Å². The van der Waals surface area contributed by atoms with Crippen LogP contribution in [0.5, 0.6) is 5.75 Å². The Morgan fingerprint density at radius 2 is 1.93 bits per heavy atom. The summed E-state index contributed by atoms with van der Waals surface area (Å²) < 4.78 is 5.14. The number of rotatable bonds is 5. The number of nitrogens with zero attached hydrogens (tertiary/aromatic N) is 1. The highest BCUT2D eigenvalue weighted by atomic mass is 32.1. The van der Waals surface area contributed by atoms with Crippen molar-refractivity contribution in [3.05, 3.63) is 81.5 Å². The molecule has 0 fully saturated rings. The molecule has 0 saturated carbocycles. The highest BCUT2D eigenvalue weighted by molar-refractivity contribution is 7.12. The molecule has 0 saturated heterocycles. The van der Waals surface area contributed by atoms with E-state index in [2.05, 4.69) is 5.32 Å². The van der Waals surface area contributed by atoms with E-state index in [9.17, 15) is 9.59 Å². The number of carbonyl (C=O) groups excluding carboxylic acids is 2. The lowest BCUT2D eigenvalue weighted by molar-refractivity contribution is -0.115. The van der Waals surface area contributed by atoms with E-state index >= 15 is 0 Å². The first-order valence-corrected chi connectivity index (χ1v) is 10.4. The van der Waals surface area contributed by atoms with Gasteiger partial charge in [-0.05, 0) is 58.8 Å². The predicted molar refractivity (Wildman–Crippen MR) is 115 cm³/mol. The molecular weight excluding hydrogens is 384 g/mol. The van der Waals surface area contributed by atoms with Crippen LogP contribution in [0.25, 0.3) is 0 Å². The number of ether oxygens (including phenoxy) is 1. The van der Waals surface area contributed by atoms with Crippen LogP contribution in [0.4, 0.5) is 5.69 Å². The Bertz CT molecular complexity index is 1010. The molecule has 1 aliphatic heterocycles. The molecular formula is C23H22N2O3S. The van der Waals surface area contributed by atoms with E-state index in [1.54, 1.807) is 7.11 Å². The number of fused-ring (bicyclic) bond motifs is 1. The molecule has 2 amide bonds. The van der Waals surface area contributed by atoms with Crippen LogP contribution >= 0.6 is 11.3 Å². The fraction of sp³-hybridized carbons (Fsp3) is 0.217. The Hall–Kier alpha value is -3.12. The molecule has 1 aliphatic rings. The van der Waals surface area contributed by atoms with E-state index in [1.807, 2.05) is 64.9 Å². The molecule has 0 radical (unpaired) electrons. The molecule has 0 unspecified atom stereocenters. The summed E-state index contributed by atoms with van der Waals surface area (Å²) in [6.45, 7) is 1.28. The van der Waals surface area contributed by atoms with Crippen LogP contribution in [0.15, 0.2) is 60.0 Å². The van der Waals surface area contributed by atoms with Gasteiger partial charge in [0.05, 0.1) is 18.4 Å². The summed E-state index contributed by atoms with van der Waals surface area (Å²) in [7, 11) is 1.62. The second-order valence-corrected chi connectivity index (χ2v) is 7.96. The summed E-state index contributed by atoms with van der Waals surface area (Å²) in [5, 5.41) is 4.89. The van der Waals surface area contributed by atoms with Crippen LogP contribution in [0, 0.1) is 0 Å². The lowest BCUT2D eigenvalue weighted by Crippen LogP contribution is -2.35. The molecule has 0 bridgehead atoms. The molecule has 0 spiro atoms. The predicted octanol–water partition coefficient (Wildman–Crippen LogP) is 4.14. The first kappa shape index (κ1) is 19.2. The molecule has 6 heteroatoms. The molecule has 0 atom stereocenters. The summed E-state index contributed by atoms with van der Waals surface area (Å²) >= 11 is 1.46. The second kappa shape index (κ2) is 8.49. The average molecular weight is 407 g/mol. The zero-order valence-electron chi connectivity index (χ0n) is 16.2. The minimum absolute atomic E-state index is 0.0691. The van der Waals surface area contributed by atoms with Crippen molar-refractivity contribution in [3.63, 3.8) is 0 Å². The number of anilines is 1. The minimum atomic E-state index is -0.0718. The van der Waals surface area contributed by atoms with Crippen molar-refractivity contribution >= 4 is 28.8 Å². The van der Waals surface area contributed by atoms with Crippen molar-refractivity contribution in [3.8, 4) is 5.75 Å². The Balaban J connectivity index is 1.41. The van der Waals surface area contributed by atoms with Gasteiger partial charge in [0.1, 0.15) is 5.75 Å². The van der Waals surface area contributed by atoms with Gasteiger partial charge < -0.3 is 15.0 Å². The van der Waals surface area contributed by atoms with Gasteiger partial charge in [-0.1, -0.05) is 24.3 Å². The maximum Gasteiger partial charge on any atom is 0.264 e. The fourth-order valence-corrected chi connectivity index (χ4v) is 4.19. The molecule has 5 nitrogen and oxygen atoms in total. The van der Waals surface area contributed by atoms with Crippen molar-refractivity contribution in [1.29, 1.82) is 0 Å². The smallest absolute Gasteiger partial charge is 0.264 e. The third-order valence-corrected chi connectivity index (χ3v) is 5.90. The lowest BCUT2D eigenvalue weighted by Gasteiger charge is -2.29. The SMILES string of the molecule is COc1ccc(CC(=O)Nc2ccc3c(c2)CN(C(=O)c2cccs2)CC3)cc1. The minimum Gasteiger partial charge on any atom is -0.497 e. The number of benzene rings is 2. The summed E-state index contributed by atoms with van der Waals surface area (Å²) in [6, 6.07) is 17.2. The molecule has 148 valence electrons. The van der Waals surface area contributed by atoms with Gasteiger partial charge in [-0.15, -0.1) is 11.3 Å². The number of thiophene rings is 1. The largest absolute Gasteiger partial charge is 0.497 e. The maximum atomic E-state index is 12.6. The molecule has 4 rings (SSSR count). The Labute approximate surface area is 173 Å². The van der Waals surface area contributed by atoms with Gasteiger partial charge in [-0.25, -0.2) is 0 Å². The van der Waals surface area contributed by atoms with Crippen LogP contribution in [0.2, 0.25) is 0 Å². The highest BCUT2D eigenvalue weighted by Crippen LogP contribution is 2.25. The number of amides is 2. The van der Waals surface area contributed by atoms with E-state index in [0.29, 0.717) is 19.5 Å². The maximum absolute atomic E-state index is 12.6. The van der Waals surface area contributed by atoms with Crippen LogP contribution in [0.1, 0.15) is 26.4 Å². The highest BCUT2D eigenvalue weighted by Gasteiger charge is 2.22. The number of nitrogens with one attached hydrogen (secondary N) is 1. The van der Waals surface area contributed by atoms with Gasteiger partial charge in [0.15, 0.2) is 0 Å². The molecule has 2 heterocycles. The van der Waals surface area contributed by atoms with E-state index in [-0.39, 0.29) is 11.8 Å². The second-order valence-electron chi connectivity index (χ2n) is 7.01. The molecule has 1 aromatic heterocycles. The van der Waals surface area contributed by atoms with Crippen LogP contribution in [-0.2, 0) is 24.2 Å². The van der Waals surface area contributed by atoms with Gasteiger partial charge in [-0.2, -0.15) is 0 Å². The van der Waals surface area contributed by atoms with Gasteiger partial charge >= 0.3 is 0 Å². The third-order valence-electron chi connectivity index (χ3n) is 5.05. The quantitative estimate of drug-likeness (QED) is 0.693. The number of hydrogen-bond acceptors (Lipinski definition) is 4. The van der Waals surface area contributed by atoms with Crippen molar-refractivity contribution in [2.24, 2.45) is 0 Å². The molecule has 29 heavy (non-hydrogen) atoms. The van der Waals surface area contributed by atoms with Crippen LogP contribution in [-0.4, -0.2) is 30.4 Å². The van der Waals surface area contributed by atoms with Crippen LogP contribution < -0.4 is 10.1 Å². The van der Waals surface area contributed by atoms with Crippen molar-refractivity contribution < 1.29 is 14.3 Å². The van der Waals surface area contributed by atoms with Gasteiger partial charge in [-0.3, -0.25) is 9.59 Å². The Kier molecular flexibility index (Phi) is 5.62. The van der Waals surface area contributed by atoms with Crippen molar-refractivity contribution in [2.45, 2.75) is 19.4 Å². The van der Waals surface area contributed by atoms with E-state index in [0.717, 1.165) is 33.9 Å². The van der Waals surface area contributed by atoms with Crippen molar-refractivity contribution in [1.82, 2.24) is 4.90 Å². The topological polar surface area (TPSA) is 58.6 Å². The number of hydrogen-bond donors (Lipinski definition) is 1. The first-order chi connectivity index (χ1) is 14.1. The Morgan fingerprint density at radius 3 is 2.66 bits per heavy atom. The lowest BCUT2D eigenvalue weighted by atomic mass is 9.98. The molecule has 2 aromatic carbocycles. The van der Waals surface area contributed by atoms with Crippen LogP contribution in [0.3, 0.4) is 0 Å².